The van der Waals surface area contributed by atoms with Gasteiger partial charge >= 0.3 is 12.1 Å². The molecule has 2 unspecified atom stereocenters. The van der Waals surface area contributed by atoms with Gasteiger partial charge in [0.25, 0.3) is 0 Å². The van der Waals surface area contributed by atoms with Gasteiger partial charge < -0.3 is 9.84 Å². The molecule has 26 heavy (non-hydrogen) atoms. The number of nitrogens with zero attached hydrogens (tertiary/aromatic N) is 1. The van der Waals surface area contributed by atoms with Crippen molar-refractivity contribution in [2.45, 2.75) is 24.6 Å². The van der Waals surface area contributed by atoms with Crippen molar-refractivity contribution in [3.63, 3.8) is 0 Å². The highest BCUT2D eigenvalue weighted by molar-refractivity contribution is 5.81. The third-order valence-electron chi connectivity index (χ3n) is 5.11. The number of carbonyl (C=O) groups is 2. The molecule has 0 bridgehead atoms. The number of hydrogen-bond acceptors (Lipinski definition) is 3. The summed E-state index contributed by atoms with van der Waals surface area (Å²) in [7, 11) is 0. The first-order valence-corrected chi connectivity index (χ1v) is 8.54. The number of rotatable bonds is 3. The summed E-state index contributed by atoms with van der Waals surface area (Å²) in [5.74, 6) is -1.32. The summed E-state index contributed by atoms with van der Waals surface area (Å²) in [6.07, 6.45) is -2.31. The van der Waals surface area contributed by atoms with Crippen LogP contribution in [0, 0.1) is 0 Å². The smallest absolute Gasteiger partial charge is 0.410 e. The van der Waals surface area contributed by atoms with E-state index in [4.69, 9.17) is 4.74 Å². The molecule has 1 aliphatic carbocycles. The molecule has 1 heterocycles. The Kier molecular flexibility index (Phi) is 4.11. The molecule has 0 aromatic heterocycles. The van der Waals surface area contributed by atoms with Crippen LogP contribution >= 0.6 is 0 Å². The maximum absolute atomic E-state index is 13.6. The van der Waals surface area contributed by atoms with Crippen molar-refractivity contribution in [2.75, 3.05) is 13.2 Å². The lowest BCUT2D eigenvalue weighted by molar-refractivity contribution is -0.141. The van der Waals surface area contributed by atoms with E-state index in [1.807, 2.05) is 48.5 Å². The number of carboxylic acids is 1. The quantitative estimate of drug-likeness (QED) is 0.916. The fourth-order valence-electron chi connectivity index (χ4n) is 3.90. The van der Waals surface area contributed by atoms with Crippen LogP contribution in [-0.2, 0) is 9.53 Å². The van der Waals surface area contributed by atoms with Crippen molar-refractivity contribution in [2.24, 2.45) is 0 Å². The topological polar surface area (TPSA) is 66.8 Å². The molecule has 5 nitrogen and oxygen atoms in total. The van der Waals surface area contributed by atoms with E-state index in [1.165, 1.54) is 0 Å². The largest absolute Gasteiger partial charge is 0.480 e. The molecule has 0 spiro atoms. The van der Waals surface area contributed by atoms with Crippen molar-refractivity contribution in [1.82, 2.24) is 4.90 Å². The standard InChI is InChI=1S/C20H18FNO4/c21-12-9-18(19(23)24)22(10-12)20(25)26-11-17-15-7-3-1-5-13(15)14-6-2-4-8-16(14)17/h1-8,12,17-18H,9-11H2,(H,23,24). The second kappa shape index (κ2) is 6.44. The second-order valence-corrected chi connectivity index (χ2v) is 6.64. The third kappa shape index (κ3) is 2.71. The zero-order valence-corrected chi connectivity index (χ0v) is 14.0. The van der Waals surface area contributed by atoms with Gasteiger partial charge in [-0.25, -0.2) is 14.0 Å². The Morgan fingerprint density at radius 1 is 1.08 bits per heavy atom. The Hall–Kier alpha value is -2.89. The number of halogens is 1. The number of fused-ring (bicyclic) bond motifs is 3. The number of carbonyl (C=O) groups excluding carboxylic acids is 1. The summed E-state index contributed by atoms with van der Waals surface area (Å²) in [6, 6.07) is 14.7. The highest BCUT2D eigenvalue weighted by atomic mass is 19.1. The molecule has 4 rings (SSSR count). The van der Waals surface area contributed by atoms with Gasteiger partial charge in [-0.15, -0.1) is 0 Å². The SMILES string of the molecule is O=C(O)C1CC(F)CN1C(=O)OCC1c2ccccc2-c2ccccc21. The monoisotopic (exact) mass is 355 g/mol. The van der Waals surface area contributed by atoms with Crippen LogP contribution in [0.5, 0.6) is 0 Å². The van der Waals surface area contributed by atoms with Crippen molar-refractivity contribution < 1.29 is 23.8 Å². The molecule has 2 atom stereocenters. The normalized spacial score (nSPS) is 21.3. The van der Waals surface area contributed by atoms with E-state index < -0.39 is 24.3 Å². The highest BCUT2D eigenvalue weighted by Crippen LogP contribution is 2.44. The first-order valence-electron chi connectivity index (χ1n) is 8.54. The lowest BCUT2D eigenvalue weighted by atomic mass is 9.98. The summed E-state index contributed by atoms with van der Waals surface area (Å²) in [4.78, 5) is 24.6. The van der Waals surface area contributed by atoms with Crippen molar-refractivity contribution in [3.8, 4) is 11.1 Å². The van der Waals surface area contributed by atoms with Gasteiger partial charge in [-0.2, -0.15) is 0 Å². The predicted molar refractivity (Wildman–Crippen MR) is 92.7 cm³/mol. The van der Waals surface area contributed by atoms with E-state index in [1.54, 1.807) is 0 Å². The molecule has 2 aromatic rings. The van der Waals surface area contributed by atoms with Crippen LogP contribution in [0.2, 0.25) is 0 Å². The van der Waals surface area contributed by atoms with E-state index in [9.17, 15) is 19.1 Å². The fraction of sp³-hybridized carbons (Fsp3) is 0.300. The number of likely N-dealkylation sites (tertiary alicyclic amines) is 1. The Balaban J connectivity index is 1.53. The van der Waals surface area contributed by atoms with Crippen molar-refractivity contribution in [3.05, 3.63) is 59.7 Å². The first kappa shape index (κ1) is 16.6. The average molecular weight is 355 g/mol. The van der Waals surface area contributed by atoms with Gasteiger partial charge in [0, 0.05) is 12.3 Å². The summed E-state index contributed by atoms with van der Waals surface area (Å²) in [5.41, 5.74) is 4.36. The van der Waals surface area contributed by atoms with E-state index in [2.05, 4.69) is 0 Å². The Morgan fingerprint density at radius 2 is 1.65 bits per heavy atom. The van der Waals surface area contributed by atoms with Crippen molar-refractivity contribution in [1.29, 1.82) is 0 Å². The third-order valence-corrected chi connectivity index (χ3v) is 5.11. The second-order valence-electron chi connectivity index (χ2n) is 6.64. The minimum Gasteiger partial charge on any atom is -0.480 e. The maximum atomic E-state index is 13.6. The van der Waals surface area contributed by atoms with Crippen LogP contribution in [0.4, 0.5) is 9.18 Å². The minimum atomic E-state index is -1.34. The Labute approximate surface area is 150 Å². The van der Waals surface area contributed by atoms with Gasteiger partial charge in [0.2, 0.25) is 0 Å². The van der Waals surface area contributed by atoms with Gasteiger partial charge in [-0.3, -0.25) is 4.90 Å². The zero-order chi connectivity index (χ0) is 18.3. The number of ether oxygens (including phenoxy) is 1. The summed E-state index contributed by atoms with van der Waals surface area (Å²) < 4.78 is 19.0. The van der Waals surface area contributed by atoms with Crippen LogP contribution in [0.3, 0.4) is 0 Å². The number of alkyl halides is 1. The van der Waals surface area contributed by atoms with Crippen molar-refractivity contribution >= 4 is 12.1 Å². The van der Waals surface area contributed by atoms with Crippen LogP contribution in [0.15, 0.2) is 48.5 Å². The van der Waals surface area contributed by atoms with Gasteiger partial charge in [-0.1, -0.05) is 48.5 Å². The number of aliphatic carboxylic acids is 1. The molecular weight excluding hydrogens is 337 g/mol. The Bertz CT molecular complexity index is 823. The average Bonchev–Trinajstić information content (AvgIpc) is 3.18. The van der Waals surface area contributed by atoms with Crippen LogP contribution < -0.4 is 0 Å². The fourth-order valence-corrected chi connectivity index (χ4v) is 3.90. The zero-order valence-electron chi connectivity index (χ0n) is 14.0. The van der Waals surface area contributed by atoms with E-state index >= 15 is 0 Å². The van der Waals surface area contributed by atoms with Crippen LogP contribution in [0.25, 0.3) is 11.1 Å². The minimum absolute atomic E-state index is 0.0899. The molecule has 134 valence electrons. The van der Waals surface area contributed by atoms with Gasteiger partial charge in [0.1, 0.15) is 18.8 Å². The van der Waals surface area contributed by atoms with Crippen LogP contribution in [-0.4, -0.2) is 47.4 Å². The molecular formula is C20H18FNO4. The summed E-state index contributed by atoms with van der Waals surface area (Å²) in [6.45, 7) is -0.152. The van der Waals surface area contributed by atoms with Gasteiger partial charge in [-0.05, 0) is 22.3 Å². The number of carboxylic acid groups (broad SMARTS) is 1. The lowest BCUT2D eigenvalue weighted by Gasteiger charge is -2.22. The molecule has 0 radical (unpaired) electrons. The van der Waals surface area contributed by atoms with Gasteiger partial charge in [0.15, 0.2) is 0 Å². The highest BCUT2D eigenvalue weighted by Gasteiger charge is 2.41. The van der Waals surface area contributed by atoms with E-state index in [0.717, 1.165) is 27.2 Å². The molecule has 2 aromatic carbocycles. The van der Waals surface area contributed by atoms with E-state index in [-0.39, 0.29) is 25.5 Å². The molecule has 1 amide bonds. The maximum Gasteiger partial charge on any atom is 0.410 e. The molecule has 0 saturated carbocycles. The molecule has 1 N–H and O–H groups in total. The molecule has 1 saturated heterocycles. The molecule has 1 fully saturated rings. The Morgan fingerprint density at radius 3 is 2.23 bits per heavy atom. The summed E-state index contributed by atoms with van der Waals surface area (Å²) >= 11 is 0. The number of benzene rings is 2. The predicted octanol–water partition coefficient (Wildman–Crippen LogP) is 3.43. The number of amides is 1. The number of hydrogen-bond donors (Lipinski definition) is 1. The summed E-state index contributed by atoms with van der Waals surface area (Å²) in [5, 5.41) is 9.17. The van der Waals surface area contributed by atoms with Crippen LogP contribution in [0.1, 0.15) is 23.5 Å². The first-order chi connectivity index (χ1) is 12.6. The lowest BCUT2D eigenvalue weighted by Crippen LogP contribution is -2.41. The molecule has 2 aliphatic rings. The van der Waals surface area contributed by atoms with E-state index in [0.29, 0.717) is 0 Å². The van der Waals surface area contributed by atoms with Gasteiger partial charge in [0.05, 0.1) is 6.54 Å². The molecule has 1 aliphatic heterocycles. The molecule has 6 heteroatoms.